The molecule has 0 saturated heterocycles. The summed E-state index contributed by atoms with van der Waals surface area (Å²) in [5, 5.41) is 8.68. The van der Waals surface area contributed by atoms with Crippen LogP contribution in [-0.2, 0) is 17.6 Å². The molecular formula is C11H15NO2. The molecule has 1 aromatic carbocycles. The zero-order chi connectivity index (χ0) is 10.6. The molecule has 0 saturated carbocycles. The quantitative estimate of drug-likeness (QED) is 0.755. The summed E-state index contributed by atoms with van der Waals surface area (Å²) >= 11 is 0. The number of nitrogens with two attached hydrogens (primary N) is 1. The molecular weight excluding hydrogens is 178 g/mol. The molecule has 3 heteroatoms. The first kappa shape index (κ1) is 10.7. The predicted molar refractivity (Wildman–Crippen MR) is 55.1 cm³/mol. The van der Waals surface area contributed by atoms with Crippen molar-refractivity contribution in [3.05, 3.63) is 35.4 Å². The van der Waals surface area contributed by atoms with Crippen LogP contribution in [0.4, 0.5) is 0 Å². The Hall–Kier alpha value is -1.35. The van der Waals surface area contributed by atoms with Gasteiger partial charge < -0.3 is 10.8 Å². The van der Waals surface area contributed by atoms with E-state index in [1.54, 1.807) is 0 Å². The number of aryl methyl sites for hydroxylation is 1. The van der Waals surface area contributed by atoms with Gasteiger partial charge in [0.25, 0.3) is 0 Å². The maximum absolute atomic E-state index is 10.6. The standard InChI is InChI=1S/C11H15NO2/c1-2-8-5-3-4-6-9(8)7-10(12)11(13)14/h3-6,10H,2,7,12H2,1H3,(H,13,14)/t10-/m0/s1. The van der Waals surface area contributed by atoms with Crippen molar-refractivity contribution in [2.24, 2.45) is 5.73 Å². The number of rotatable bonds is 4. The third-order valence-corrected chi connectivity index (χ3v) is 2.26. The van der Waals surface area contributed by atoms with E-state index in [1.165, 1.54) is 5.56 Å². The zero-order valence-electron chi connectivity index (χ0n) is 8.23. The molecule has 1 atom stereocenters. The zero-order valence-corrected chi connectivity index (χ0v) is 8.23. The van der Waals surface area contributed by atoms with E-state index in [2.05, 4.69) is 0 Å². The molecule has 0 unspecified atom stereocenters. The van der Waals surface area contributed by atoms with Crippen LogP contribution in [0.1, 0.15) is 18.1 Å². The molecule has 0 radical (unpaired) electrons. The van der Waals surface area contributed by atoms with Crippen molar-refractivity contribution in [1.82, 2.24) is 0 Å². The molecule has 0 aliphatic rings. The topological polar surface area (TPSA) is 63.3 Å². The van der Waals surface area contributed by atoms with Gasteiger partial charge in [-0.05, 0) is 24.0 Å². The predicted octanol–water partition coefficient (Wildman–Crippen LogP) is 1.20. The highest BCUT2D eigenvalue weighted by Crippen LogP contribution is 2.11. The number of carboxylic acids is 1. The number of hydrogen-bond acceptors (Lipinski definition) is 2. The van der Waals surface area contributed by atoms with Crippen molar-refractivity contribution >= 4 is 5.97 Å². The molecule has 3 nitrogen and oxygen atoms in total. The van der Waals surface area contributed by atoms with Crippen LogP contribution in [0, 0.1) is 0 Å². The Morgan fingerprint density at radius 2 is 2.00 bits per heavy atom. The van der Waals surface area contributed by atoms with E-state index in [0.29, 0.717) is 6.42 Å². The Morgan fingerprint density at radius 3 is 2.50 bits per heavy atom. The van der Waals surface area contributed by atoms with Gasteiger partial charge in [-0.25, -0.2) is 0 Å². The van der Waals surface area contributed by atoms with Gasteiger partial charge in [0.2, 0.25) is 0 Å². The first-order valence-corrected chi connectivity index (χ1v) is 4.70. The highest BCUT2D eigenvalue weighted by Gasteiger charge is 2.13. The molecule has 14 heavy (non-hydrogen) atoms. The second kappa shape index (κ2) is 4.77. The molecule has 76 valence electrons. The SMILES string of the molecule is CCc1ccccc1C[C@H](N)C(=O)O. The summed E-state index contributed by atoms with van der Waals surface area (Å²) < 4.78 is 0. The van der Waals surface area contributed by atoms with Gasteiger partial charge in [0.05, 0.1) is 0 Å². The molecule has 3 N–H and O–H groups in total. The largest absolute Gasteiger partial charge is 0.480 e. The van der Waals surface area contributed by atoms with Crippen molar-refractivity contribution in [2.75, 3.05) is 0 Å². The smallest absolute Gasteiger partial charge is 0.320 e. The van der Waals surface area contributed by atoms with Gasteiger partial charge in [-0.1, -0.05) is 31.2 Å². The van der Waals surface area contributed by atoms with Gasteiger partial charge in [0.1, 0.15) is 6.04 Å². The van der Waals surface area contributed by atoms with Crippen LogP contribution in [0.25, 0.3) is 0 Å². The first-order valence-electron chi connectivity index (χ1n) is 4.70. The van der Waals surface area contributed by atoms with Crippen LogP contribution in [0.5, 0.6) is 0 Å². The minimum absolute atomic E-state index is 0.402. The van der Waals surface area contributed by atoms with Gasteiger partial charge >= 0.3 is 5.97 Å². The lowest BCUT2D eigenvalue weighted by Gasteiger charge is -2.10. The van der Waals surface area contributed by atoms with Crippen LogP contribution < -0.4 is 5.73 Å². The van der Waals surface area contributed by atoms with Crippen LogP contribution in [-0.4, -0.2) is 17.1 Å². The third-order valence-electron chi connectivity index (χ3n) is 2.26. The maximum atomic E-state index is 10.6. The molecule has 0 aliphatic heterocycles. The fourth-order valence-electron chi connectivity index (χ4n) is 1.43. The second-order valence-corrected chi connectivity index (χ2v) is 3.27. The number of carbonyl (C=O) groups is 1. The molecule has 1 aromatic rings. The van der Waals surface area contributed by atoms with Crippen molar-refractivity contribution in [2.45, 2.75) is 25.8 Å². The summed E-state index contributed by atoms with van der Waals surface area (Å²) in [6, 6.07) is 6.99. The van der Waals surface area contributed by atoms with E-state index in [-0.39, 0.29) is 0 Å². The van der Waals surface area contributed by atoms with Crippen LogP contribution in [0.2, 0.25) is 0 Å². The van der Waals surface area contributed by atoms with Gasteiger partial charge in [-0.2, -0.15) is 0 Å². The number of aliphatic carboxylic acids is 1. The lowest BCUT2D eigenvalue weighted by atomic mass is 9.99. The van der Waals surface area contributed by atoms with Gasteiger partial charge in [0, 0.05) is 0 Å². The lowest BCUT2D eigenvalue weighted by molar-refractivity contribution is -0.138. The Kier molecular flexibility index (Phi) is 3.65. The molecule has 0 aliphatic carbocycles. The summed E-state index contributed by atoms with van der Waals surface area (Å²) in [5.74, 6) is -0.948. The molecule has 0 aromatic heterocycles. The van der Waals surface area contributed by atoms with Gasteiger partial charge in [-0.15, -0.1) is 0 Å². The Morgan fingerprint density at radius 1 is 1.43 bits per heavy atom. The summed E-state index contributed by atoms with van der Waals surface area (Å²) in [4.78, 5) is 10.6. The number of hydrogen-bond donors (Lipinski definition) is 2. The average Bonchev–Trinajstić information content (AvgIpc) is 2.18. The van der Waals surface area contributed by atoms with Crippen LogP contribution in [0.3, 0.4) is 0 Å². The molecule has 0 bridgehead atoms. The van der Waals surface area contributed by atoms with E-state index in [4.69, 9.17) is 10.8 Å². The normalized spacial score (nSPS) is 12.4. The second-order valence-electron chi connectivity index (χ2n) is 3.27. The van der Waals surface area contributed by atoms with E-state index < -0.39 is 12.0 Å². The minimum Gasteiger partial charge on any atom is -0.480 e. The lowest BCUT2D eigenvalue weighted by Crippen LogP contribution is -2.32. The molecule has 0 amide bonds. The van der Waals surface area contributed by atoms with E-state index in [1.807, 2.05) is 31.2 Å². The van der Waals surface area contributed by atoms with E-state index in [0.717, 1.165) is 12.0 Å². The fourth-order valence-corrected chi connectivity index (χ4v) is 1.43. The minimum atomic E-state index is -0.948. The van der Waals surface area contributed by atoms with Crippen LogP contribution >= 0.6 is 0 Å². The van der Waals surface area contributed by atoms with Crippen LogP contribution in [0.15, 0.2) is 24.3 Å². The molecule has 0 spiro atoms. The molecule has 0 fully saturated rings. The number of carboxylic acid groups (broad SMARTS) is 1. The van der Waals surface area contributed by atoms with Gasteiger partial charge in [-0.3, -0.25) is 4.79 Å². The summed E-state index contributed by atoms with van der Waals surface area (Å²) in [5.41, 5.74) is 7.68. The van der Waals surface area contributed by atoms with Crippen molar-refractivity contribution in [3.63, 3.8) is 0 Å². The van der Waals surface area contributed by atoms with E-state index >= 15 is 0 Å². The molecule has 0 heterocycles. The first-order chi connectivity index (χ1) is 6.65. The van der Waals surface area contributed by atoms with Gasteiger partial charge in [0.15, 0.2) is 0 Å². The van der Waals surface area contributed by atoms with Crippen molar-refractivity contribution < 1.29 is 9.90 Å². The average molecular weight is 193 g/mol. The monoisotopic (exact) mass is 193 g/mol. The third kappa shape index (κ3) is 2.57. The van der Waals surface area contributed by atoms with E-state index in [9.17, 15) is 4.79 Å². The Labute approximate surface area is 83.6 Å². The highest BCUT2D eigenvalue weighted by atomic mass is 16.4. The maximum Gasteiger partial charge on any atom is 0.320 e. The highest BCUT2D eigenvalue weighted by molar-refractivity contribution is 5.73. The Bertz CT molecular complexity index is 323. The summed E-state index contributed by atoms with van der Waals surface area (Å²) in [6.45, 7) is 2.05. The molecule has 1 rings (SSSR count). The Balaban J connectivity index is 2.80. The summed E-state index contributed by atoms with van der Waals surface area (Å²) in [7, 11) is 0. The van der Waals surface area contributed by atoms with Crippen molar-refractivity contribution in [3.8, 4) is 0 Å². The fraction of sp³-hybridized carbons (Fsp3) is 0.364. The summed E-state index contributed by atoms with van der Waals surface area (Å²) in [6.07, 6.45) is 1.31. The van der Waals surface area contributed by atoms with Crippen molar-refractivity contribution in [1.29, 1.82) is 0 Å². The number of benzene rings is 1.